The van der Waals surface area contributed by atoms with E-state index in [9.17, 15) is 19.8 Å². The van der Waals surface area contributed by atoms with Gasteiger partial charge in [0.25, 0.3) is 0 Å². The molecule has 0 heterocycles. The summed E-state index contributed by atoms with van der Waals surface area (Å²) in [4.78, 5) is 22.1. The van der Waals surface area contributed by atoms with Gasteiger partial charge >= 0.3 is 103 Å². The molecule has 21 heavy (non-hydrogen) atoms. The molecule has 6 heteroatoms. The van der Waals surface area contributed by atoms with Crippen LogP contribution < -0.4 is 113 Å². The largest absolute Gasteiger partial charge is 1.00 e. The van der Waals surface area contributed by atoms with Gasteiger partial charge < -0.3 is 19.8 Å². The van der Waals surface area contributed by atoms with Gasteiger partial charge in [0.05, 0.1) is 11.9 Å². The van der Waals surface area contributed by atoms with Crippen LogP contribution in [-0.2, 0) is 6.42 Å². The van der Waals surface area contributed by atoms with Crippen LogP contribution >= 0.6 is 0 Å². The molecule has 0 amide bonds. The standard InChI is InChI=1S/C15H12O4.2K/c16-14(17)12-8-4-7-11(13(12)15(18)19)9-10-5-2-1-3-6-10;;/h1-8H,9H2,(H,16,17)(H,18,19);;/q;2*+1/p-2. The van der Waals surface area contributed by atoms with Crippen molar-refractivity contribution in [2.24, 2.45) is 0 Å². The monoisotopic (exact) mass is 332 g/mol. The van der Waals surface area contributed by atoms with Crippen LogP contribution in [0.1, 0.15) is 31.8 Å². The summed E-state index contributed by atoms with van der Waals surface area (Å²) in [6.07, 6.45) is 0.325. The third-order valence-corrected chi connectivity index (χ3v) is 2.81. The molecule has 0 unspecified atom stereocenters. The van der Waals surface area contributed by atoms with E-state index in [0.29, 0.717) is 12.0 Å². The summed E-state index contributed by atoms with van der Waals surface area (Å²) in [5.41, 5.74) is 0.619. The smallest absolute Gasteiger partial charge is 0.545 e. The summed E-state index contributed by atoms with van der Waals surface area (Å²) in [6, 6.07) is 13.5. The maximum atomic E-state index is 11.1. The summed E-state index contributed by atoms with van der Waals surface area (Å²) >= 11 is 0. The van der Waals surface area contributed by atoms with Gasteiger partial charge in [-0.2, -0.15) is 0 Å². The SMILES string of the molecule is O=C([O-])c1cccc(Cc2ccccc2)c1C(=O)[O-].[K+].[K+]. The van der Waals surface area contributed by atoms with E-state index in [-0.39, 0.29) is 114 Å². The molecule has 0 aliphatic heterocycles. The average Bonchev–Trinajstić information content (AvgIpc) is 2.39. The van der Waals surface area contributed by atoms with Crippen molar-refractivity contribution in [2.45, 2.75) is 6.42 Å². The number of aromatic carboxylic acids is 2. The predicted octanol–water partition coefficient (Wildman–Crippen LogP) is -5.99. The second kappa shape index (κ2) is 10.4. The number of hydrogen-bond acceptors (Lipinski definition) is 4. The second-order valence-electron chi connectivity index (χ2n) is 4.08. The van der Waals surface area contributed by atoms with Crippen LogP contribution in [0.4, 0.5) is 0 Å². The van der Waals surface area contributed by atoms with Crippen LogP contribution in [0.25, 0.3) is 0 Å². The van der Waals surface area contributed by atoms with Crippen molar-refractivity contribution in [2.75, 3.05) is 0 Å². The minimum Gasteiger partial charge on any atom is -0.545 e. The number of hydrogen-bond donors (Lipinski definition) is 0. The summed E-state index contributed by atoms with van der Waals surface area (Å²) in [6.45, 7) is 0. The Morgan fingerprint density at radius 2 is 1.43 bits per heavy atom. The fourth-order valence-electron chi connectivity index (χ4n) is 1.97. The molecule has 4 nitrogen and oxygen atoms in total. The molecule has 0 spiro atoms. The quantitative estimate of drug-likeness (QED) is 0.522. The van der Waals surface area contributed by atoms with E-state index < -0.39 is 11.9 Å². The van der Waals surface area contributed by atoms with E-state index >= 15 is 0 Å². The molecule has 0 aromatic heterocycles. The van der Waals surface area contributed by atoms with E-state index in [1.165, 1.54) is 12.1 Å². The maximum absolute atomic E-state index is 11.1. The Balaban J connectivity index is 0.00000200. The van der Waals surface area contributed by atoms with Gasteiger partial charge in [0.2, 0.25) is 0 Å². The molecule has 96 valence electrons. The van der Waals surface area contributed by atoms with Crippen molar-refractivity contribution in [3.05, 3.63) is 70.8 Å². The number of rotatable bonds is 4. The normalized spacial score (nSPS) is 9.14. The molecule has 0 atom stereocenters. The van der Waals surface area contributed by atoms with Gasteiger partial charge in [-0.15, -0.1) is 0 Å². The van der Waals surface area contributed by atoms with Crippen LogP contribution in [0.2, 0.25) is 0 Å². The zero-order chi connectivity index (χ0) is 13.8. The van der Waals surface area contributed by atoms with E-state index in [2.05, 4.69) is 0 Å². The first kappa shape index (κ1) is 21.7. The zero-order valence-corrected chi connectivity index (χ0v) is 18.2. The van der Waals surface area contributed by atoms with Gasteiger partial charge in [0.1, 0.15) is 0 Å². The van der Waals surface area contributed by atoms with Crippen LogP contribution in [0.3, 0.4) is 0 Å². The van der Waals surface area contributed by atoms with Gasteiger partial charge in [0.15, 0.2) is 0 Å². The minimum atomic E-state index is -1.52. The van der Waals surface area contributed by atoms with E-state index in [1.807, 2.05) is 30.3 Å². The Labute approximate surface area is 207 Å². The molecule has 0 fully saturated rings. The van der Waals surface area contributed by atoms with Gasteiger partial charge in [-0.1, -0.05) is 48.5 Å². The Bertz CT molecular complexity index is 627. The first-order valence-corrected chi connectivity index (χ1v) is 5.68. The summed E-state index contributed by atoms with van der Waals surface area (Å²) < 4.78 is 0. The van der Waals surface area contributed by atoms with E-state index in [4.69, 9.17) is 0 Å². The molecule has 0 N–H and O–H groups in total. The van der Waals surface area contributed by atoms with Gasteiger partial charge in [-0.25, -0.2) is 0 Å². The summed E-state index contributed by atoms with van der Waals surface area (Å²) in [7, 11) is 0. The molecule has 0 radical (unpaired) electrons. The van der Waals surface area contributed by atoms with Gasteiger partial charge in [0, 0.05) is 11.1 Å². The topological polar surface area (TPSA) is 80.3 Å². The molecule has 2 rings (SSSR count). The average molecular weight is 332 g/mol. The van der Waals surface area contributed by atoms with Gasteiger partial charge in [-0.05, 0) is 17.5 Å². The van der Waals surface area contributed by atoms with Crippen molar-refractivity contribution in [3.8, 4) is 0 Å². The van der Waals surface area contributed by atoms with Crippen LogP contribution in [0.15, 0.2) is 48.5 Å². The summed E-state index contributed by atoms with van der Waals surface area (Å²) in [5, 5.41) is 22.1. The third kappa shape index (κ3) is 5.98. The molecular formula is C15H10K2O4. The Hall–Kier alpha value is 0.653. The maximum Gasteiger partial charge on any atom is 1.00 e. The fourth-order valence-corrected chi connectivity index (χ4v) is 1.97. The van der Waals surface area contributed by atoms with Crippen molar-refractivity contribution in [1.29, 1.82) is 0 Å². The van der Waals surface area contributed by atoms with Gasteiger partial charge in [-0.3, -0.25) is 0 Å². The van der Waals surface area contributed by atoms with Crippen molar-refractivity contribution in [3.63, 3.8) is 0 Å². The van der Waals surface area contributed by atoms with Crippen LogP contribution in [0, 0.1) is 0 Å². The minimum absolute atomic E-state index is 0. The Morgan fingerprint density at radius 1 is 0.810 bits per heavy atom. The second-order valence-corrected chi connectivity index (χ2v) is 4.08. The number of carbonyl (C=O) groups excluding carboxylic acids is 2. The predicted molar refractivity (Wildman–Crippen MR) is 64.4 cm³/mol. The molecule has 0 aliphatic rings. The molecule has 0 saturated heterocycles. The number of carboxylic acid groups (broad SMARTS) is 2. The first-order chi connectivity index (χ1) is 9.09. The van der Waals surface area contributed by atoms with Crippen molar-refractivity contribution >= 4 is 11.9 Å². The molecule has 0 saturated carbocycles. The molecule has 2 aromatic carbocycles. The number of carbonyl (C=O) groups is 2. The Morgan fingerprint density at radius 3 is 1.95 bits per heavy atom. The molecular weight excluding hydrogens is 322 g/mol. The van der Waals surface area contributed by atoms with Crippen LogP contribution in [-0.4, -0.2) is 11.9 Å². The number of carboxylic acids is 2. The molecule has 0 bridgehead atoms. The van der Waals surface area contributed by atoms with Crippen LogP contribution in [0.5, 0.6) is 0 Å². The van der Waals surface area contributed by atoms with E-state index in [1.54, 1.807) is 6.07 Å². The fraction of sp³-hybridized carbons (Fsp3) is 0.0667. The summed E-state index contributed by atoms with van der Waals surface area (Å²) in [5.74, 6) is -3.03. The van der Waals surface area contributed by atoms with Crippen molar-refractivity contribution in [1.82, 2.24) is 0 Å². The number of benzene rings is 2. The van der Waals surface area contributed by atoms with E-state index in [0.717, 1.165) is 5.56 Å². The Kier molecular flexibility index (Phi) is 10.8. The third-order valence-electron chi connectivity index (χ3n) is 2.81. The molecule has 2 aromatic rings. The van der Waals surface area contributed by atoms with Crippen molar-refractivity contribution < 1.29 is 123 Å². The first-order valence-electron chi connectivity index (χ1n) is 5.68. The molecule has 0 aliphatic carbocycles. The zero-order valence-electron chi connectivity index (χ0n) is 12.0.